The van der Waals surface area contributed by atoms with E-state index in [2.05, 4.69) is 0 Å². The molecular weight excluding hydrogens is 227 g/mol. The third-order valence-corrected chi connectivity index (χ3v) is 2.08. The Kier molecular flexibility index (Phi) is 7.96. The Labute approximate surface area is 94.2 Å². The van der Waals surface area contributed by atoms with E-state index in [9.17, 15) is 22.0 Å². The average molecular weight is 248 g/mol. The SMILES string of the molecule is C.CC(C)CF.FC1(F)CCCCC1(F)F. The van der Waals surface area contributed by atoms with Crippen molar-refractivity contribution in [1.82, 2.24) is 0 Å². The van der Waals surface area contributed by atoms with Gasteiger partial charge in [0.05, 0.1) is 6.67 Å². The van der Waals surface area contributed by atoms with Gasteiger partial charge in [-0.3, -0.25) is 4.39 Å². The van der Waals surface area contributed by atoms with Crippen molar-refractivity contribution >= 4 is 0 Å². The third-order valence-electron chi connectivity index (χ3n) is 2.08. The highest BCUT2D eigenvalue weighted by atomic mass is 19.3. The molecule has 0 N–H and O–H groups in total. The Morgan fingerprint density at radius 2 is 1.19 bits per heavy atom. The Morgan fingerprint density at radius 1 is 0.938 bits per heavy atom. The summed E-state index contributed by atoms with van der Waals surface area (Å²) in [5.41, 5.74) is 0. The summed E-state index contributed by atoms with van der Waals surface area (Å²) in [6.07, 6.45) is -0.912. The first-order valence-corrected chi connectivity index (χ1v) is 5.04. The van der Waals surface area contributed by atoms with E-state index in [0.29, 0.717) is 0 Å². The minimum Gasteiger partial charge on any atom is -0.251 e. The molecule has 0 aromatic rings. The molecule has 0 nitrogen and oxygen atoms in total. The predicted molar refractivity (Wildman–Crippen MR) is 55.9 cm³/mol. The summed E-state index contributed by atoms with van der Waals surface area (Å²) in [5.74, 6) is -7.30. The van der Waals surface area contributed by atoms with Gasteiger partial charge in [-0.15, -0.1) is 0 Å². The Bertz CT molecular complexity index is 161. The molecule has 0 aliphatic heterocycles. The summed E-state index contributed by atoms with van der Waals surface area (Å²) in [5, 5.41) is 0. The first-order valence-electron chi connectivity index (χ1n) is 5.04. The Balaban J connectivity index is 0. The number of hydrogen-bond donors (Lipinski definition) is 0. The van der Waals surface area contributed by atoms with E-state index >= 15 is 0 Å². The molecule has 1 saturated carbocycles. The van der Waals surface area contributed by atoms with Crippen molar-refractivity contribution < 1.29 is 22.0 Å². The maximum atomic E-state index is 12.2. The van der Waals surface area contributed by atoms with Crippen LogP contribution < -0.4 is 0 Å². The lowest BCUT2D eigenvalue weighted by molar-refractivity contribution is -0.228. The van der Waals surface area contributed by atoms with Crippen LogP contribution in [0.5, 0.6) is 0 Å². The van der Waals surface area contributed by atoms with Crippen LogP contribution >= 0.6 is 0 Å². The van der Waals surface area contributed by atoms with E-state index < -0.39 is 24.7 Å². The van der Waals surface area contributed by atoms with Crippen molar-refractivity contribution in [1.29, 1.82) is 0 Å². The van der Waals surface area contributed by atoms with Gasteiger partial charge < -0.3 is 0 Å². The van der Waals surface area contributed by atoms with Crippen molar-refractivity contribution in [3.8, 4) is 0 Å². The fraction of sp³-hybridized carbons (Fsp3) is 1.00. The highest BCUT2D eigenvalue weighted by Gasteiger charge is 2.56. The van der Waals surface area contributed by atoms with Gasteiger partial charge in [0.15, 0.2) is 0 Å². The maximum absolute atomic E-state index is 12.2. The van der Waals surface area contributed by atoms with Crippen LogP contribution in [-0.2, 0) is 0 Å². The van der Waals surface area contributed by atoms with Crippen LogP contribution in [0.2, 0.25) is 0 Å². The molecule has 0 radical (unpaired) electrons. The van der Waals surface area contributed by atoms with E-state index in [1.807, 2.05) is 13.8 Å². The van der Waals surface area contributed by atoms with Gasteiger partial charge in [-0.1, -0.05) is 21.3 Å². The second-order valence-corrected chi connectivity index (χ2v) is 4.16. The molecule has 0 unspecified atom stereocenters. The summed E-state index contributed by atoms with van der Waals surface area (Å²) in [6, 6.07) is 0. The molecule has 0 saturated heterocycles. The van der Waals surface area contributed by atoms with Crippen LogP contribution in [0.3, 0.4) is 0 Å². The van der Waals surface area contributed by atoms with Crippen LogP contribution in [0.4, 0.5) is 22.0 Å². The summed E-state index contributed by atoms with van der Waals surface area (Å²) in [6.45, 7) is 3.50. The zero-order valence-electron chi connectivity index (χ0n) is 9.00. The van der Waals surface area contributed by atoms with Crippen molar-refractivity contribution in [3.63, 3.8) is 0 Å². The van der Waals surface area contributed by atoms with Crippen LogP contribution in [0, 0.1) is 5.92 Å². The first kappa shape index (κ1) is 18.0. The van der Waals surface area contributed by atoms with Crippen molar-refractivity contribution in [2.45, 2.75) is 58.8 Å². The van der Waals surface area contributed by atoms with Gasteiger partial charge in [0.2, 0.25) is 0 Å². The summed E-state index contributed by atoms with van der Waals surface area (Å²) < 4.78 is 60.0. The smallest absolute Gasteiger partial charge is 0.251 e. The first-order chi connectivity index (χ1) is 6.73. The van der Waals surface area contributed by atoms with Gasteiger partial charge in [0.1, 0.15) is 0 Å². The van der Waals surface area contributed by atoms with Gasteiger partial charge >= 0.3 is 11.8 Å². The third kappa shape index (κ3) is 5.66. The molecule has 0 atom stereocenters. The molecule has 0 aromatic carbocycles. The molecule has 1 aliphatic rings. The fourth-order valence-electron chi connectivity index (χ4n) is 1.06. The van der Waals surface area contributed by atoms with E-state index in [1.54, 1.807) is 0 Å². The molecule has 100 valence electrons. The molecule has 0 heterocycles. The average Bonchev–Trinajstić information content (AvgIpc) is 2.11. The predicted octanol–water partition coefficient (Wildman–Crippen LogP) is 5.08. The minimum atomic E-state index is -3.76. The van der Waals surface area contributed by atoms with Crippen molar-refractivity contribution in [3.05, 3.63) is 0 Å². The molecule has 16 heavy (non-hydrogen) atoms. The fourth-order valence-corrected chi connectivity index (χ4v) is 1.06. The molecule has 0 aromatic heterocycles. The van der Waals surface area contributed by atoms with E-state index in [-0.39, 0.29) is 32.9 Å². The topological polar surface area (TPSA) is 0 Å². The number of alkyl halides is 5. The monoisotopic (exact) mass is 248 g/mol. The highest BCUT2D eigenvalue weighted by molar-refractivity contribution is 4.88. The van der Waals surface area contributed by atoms with Crippen molar-refractivity contribution in [2.24, 2.45) is 5.92 Å². The zero-order valence-corrected chi connectivity index (χ0v) is 9.00. The second kappa shape index (κ2) is 7.07. The normalized spacial score (nSPS) is 21.8. The van der Waals surface area contributed by atoms with Gasteiger partial charge in [-0.2, -0.15) is 17.6 Å². The number of rotatable bonds is 1. The van der Waals surface area contributed by atoms with Gasteiger partial charge in [-0.25, -0.2) is 0 Å². The largest absolute Gasteiger partial charge is 0.310 e. The van der Waals surface area contributed by atoms with Crippen LogP contribution in [0.1, 0.15) is 47.0 Å². The van der Waals surface area contributed by atoms with Gasteiger partial charge in [0.25, 0.3) is 0 Å². The van der Waals surface area contributed by atoms with E-state index in [4.69, 9.17) is 0 Å². The van der Waals surface area contributed by atoms with E-state index in [0.717, 1.165) is 0 Å². The Hall–Kier alpha value is -0.350. The van der Waals surface area contributed by atoms with Crippen molar-refractivity contribution in [2.75, 3.05) is 6.67 Å². The van der Waals surface area contributed by atoms with Gasteiger partial charge in [-0.05, 0) is 18.8 Å². The molecule has 0 bridgehead atoms. The van der Waals surface area contributed by atoms with Crippen LogP contribution in [0.15, 0.2) is 0 Å². The molecule has 1 rings (SSSR count). The van der Waals surface area contributed by atoms with Crippen LogP contribution in [-0.4, -0.2) is 18.5 Å². The minimum absolute atomic E-state index is 0. The lowest BCUT2D eigenvalue weighted by Gasteiger charge is -2.30. The summed E-state index contributed by atoms with van der Waals surface area (Å²) >= 11 is 0. The molecule has 1 fully saturated rings. The molecular formula is C11H21F5. The summed E-state index contributed by atoms with van der Waals surface area (Å²) in [4.78, 5) is 0. The zero-order chi connectivity index (χ0) is 12.1. The van der Waals surface area contributed by atoms with Crippen LogP contribution in [0.25, 0.3) is 0 Å². The lowest BCUT2D eigenvalue weighted by Crippen LogP contribution is -2.42. The highest BCUT2D eigenvalue weighted by Crippen LogP contribution is 2.45. The second-order valence-electron chi connectivity index (χ2n) is 4.16. The number of hydrogen-bond acceptors (Lipinski definition) is 0. The summed E-state index contributed by atoms with van der Waals surface area (Å²) in [7, 11) is 0. The lowest BCUT2D eigenvalue weighted by atomic mass is 9.93. The van der Waals surface area contributed by atoms with E-state index in [1.165, 1.54) is 0 Å². The quantitative estimate of drug-likeness (QED) is 0.568. The molecule has 1 aliphatic carbocycles. The number of halogens is 5. The maximum Gasteiger partial charge on any atom is 0.310 e. The Morgan fingerprint density at radius 3 is 1.31 bits per heavy atom. The molecule has 5 heteroatoms. The van der Waals surface area contributed by atoms with Gasteiger partial charge in [0, 0.05) is 12.8 Å². The molecule has 0 amide bonds. The standard InChI is InChI=1S/C6H8F4.C4H9F.CH4/c7-5(8)3-1-2-4-6(5,9)10;1-4(2)3-5;/h1-4H2;4H,3H2,1-2H3;1H4. The molecule has 0 spiro atoms.